The summed E-state index contributed by atoms with van der Waals surface area (Å²) in [4.78, 5) is 11.1. The summed E-state index contributed by atoms with van der Waals surface area (Å²) in [6.45, 7) is 2.31. The molecule has 1 aliphatic heterocycles. The molecule has 5 nitrogen and oxygen atoms in total. The van der Waals surface area contributed by atoms with Crippen LogP contribution in [0.25, 0.3) is 11.1 Å². The summed E-state index contributed by atoms with van der Waals surface area (Å²) < 4.78 is 11.0. The van der Waals surface area contributed by atoms with Crippen LogP contribution in [0.15, 0.2) is 36.4 Å². The van der Waals surface area contributed by atoms with Crippen molar-refractivity contribution in [2.24, 2.45) is 0 Å². The Bertz CT molecular complexity index is 793. The molecular formula is C18H18ClNO4. The number of halogens is 1. The molecule has 1 unspecified atom stereocenters. The van der Waals surface area contributed by atoms with Crippen LogP contribution in [0, 0.1) is 0 Å². The maximum absolute atomic E-state index is 11.1. The van der Waals surface area contributed by atoms with Gasteiger partial charge >= 0.3 is 6.09 Å². The van der Waals surface area contributed by atoms with Crippen molar-refractivity contribution in [3.05, 3.63) is 47.0 Å². The largest absolute Gasteiger partial charge is 0.497 e. The maximum Gasteiger partial charge on any atom is 0.405 e. The van der Waals surface area contributed by atoms with E-state index in [0.29, 0.717) is 29.5 Å². The molecule has 0 aromatic heterocycles. The number of carbonyl (C=O) groups is 1. The second-order valence-corrected chi connectivity index (χ2v) is 6.32. The highest BCUT2D eigenvalue weighted by molar-refractivity contribution is 6.33. The van der Waals surface area contributed by atoms with Crippen LogP contribution in [-0.2, 0) is 5.54 Å². The van der Waals surface area contributed by atoms with Gasteiger partial charge in [0.1, 0.15) is 11.5 Å². The number of ether oxygens (including phenoxy) is 2. The van der Waals surface area contributed by atoms with Crippen molar-refractivity contribution >= 4 is 17.7 Å². The zero-order chi connectivity index (χ0) is 17.3. The Hall–Kier alpha value is -2.40. The Morgan fingerprint density at radius 3 is 2.83 bits per heavy atom. The minimum Gasteiger partial charge on any atom is -0.497 e. The molecule has 2 aromatic carbocycles. The fraction of sp³-hybridized carbons (Fsp3) is 0.278. The summed E-state index contributed by atoms with van der Waals surface area (Å²) in [5, 5.41) is 12.3. The number of hydrogen-bond acceptors (Lipinski definition) is 3. The van der Waals surface area contributed by atoms with E-state index in [4.69, 9.17) is 26.2 Å². The fourth-order valence-electron chi connectivity index (χ4n) is 2.98. The first kappa shape index (κ1) is 16.5. The average Bonchev–Trinajstić information content (AvgIpc) is 2.54. The molecule has 3 rings (SSSR count). The molecule has 1 heterocycles. The molecule has 2 aromatic rings. The van der Waals surface area contributed by atoms with Crippen LogP contribution >= 0.6 is 11.6 Å². The minimum atomic E-state index is -1.05. The van der Waals surface area contributed by atoms with Crippen molar-refractivity contribution in [3.8, 4) is 22.6 Å². The summed E-state index contributed by atoms with van der Waals surface area (Å²) in [6, 6.07) is 11.1. The Kier molecular flexibility index (Phi) is 4.28. The number of fused-ring (bicyclic) bond motifs is 1. The molecule has 0 radical (unpaired) electrons. The first-order chi connectivity index (χ1) is 11.4. The van der Waals surface area contributed by atoms with E-state index in [1.807, 2.05) is 31.2 Å². The molecule has 0 aliphatic carbocycles. The molecule has 2 N–H and O–H groups in total. The van der Waals surface area contributed by atoms with Gasteiger partial charge in [-0.15, -0.1) is 0 Å². The summed E-state index contributed by atoms with van der Waals surface area (Å²) in [5.74, 6) is 1.37. The van der Waals surface area contributed by atoms with E-state index in [1.54, 1.807) is 19.2 Å². The Morgan fingerprint density at radius 1 is 1.33 bits per heavy atom. The van der Waals surface area contributed by atoms with Crippen molar-refractivity contribution in [1.29, 1.82) is 0 Å². The average molecular weight is 348 g/mol. The van der Waals surface area contributed by atoms with E-state index in [0.717, 1.165) is 16.7 Å². The van der Waals surface area contributed by atoms with E-state index < -0.39 is 11.6 Å². The fourth-order valence-corrected chi connectivity index (χ4v) is 3.21. The summed E-state index contributed by atoms with van der Waals surface area (Å²) in [7, 11) is 1.60. The third-order valence-electron chi connectivity index (χ3n) is 4.30. The van der Waals surface area contributed by atoms with Crippen LogP contribution in [0.4, 0.5) is 4.79 Å². The number of hydrogen-bond donors (Lipinski definition) is 2. The molecule has 1 aliphatic rings. The van der Waals surface area contributed by atoms with Gasteiger partial charge in [0, 0.05) is 22.6 Å². The highest BCUT2D eigenvalue weighted by Crippen LogP contribution is 2.41. The van der Waals surface area contributed by atoms with Gasteiger partial charge < -0.3 is 19.9 Å². The number of nitrogens with one attached hydrogen (secondary N) is 1. The molecule has 1 atom stereocenters. The van der Waals surface area contributed by atoms with Gasteiger partial charge in [0.2, 0.25) is 0 Å². The number of methoxy groups -OCH3 is 1. The van der Waals surface area contributed by atoms with Gasteiger partial charge in [0.05, 0.1) is 19.3 Å². The first-order valence-electron chi connectivity index (χ1n) is 7.55. The normalized spacial score (nSPS) is 19.1. The number of carboxylic acid groups (broad SMARTS) is 1. The summed E-state index contributed by atoms with van der Waals surface area (Å²) in [5.41, 5.74) is 1.87. The summed E-state index contributed by atoms with van der Waals surface area (Å²) >= 11 is 6.31. The topological polar surface area (TPSA) is 67.8 Å². The van der Waals surface area contributed by atoms with Crippen LogP contribution in [0.1, 0.15) is 18.9 Å². The highest BCUT2D eigenvalue weighted by atomic mass is 35.5. The van der Waals surface area contributed by atoms with Gasteiger partial charge in [-0.05, 0) is 36.8 Å². The minimum absolute atomic E-state index is 0.444. The van der Waals surface area contributed by atoms with E-state index in [1.165, 1.54) is 0 Å². The monoisotopic (exact) mass is 347 g/mol. The van der Waals surface area contributed by atoms with Gasteiger partial charge in [-0.2, -0.15) is 0 Å². The molecule has 6 heteroatoms. The van der Waals surface area contributed by atoms with Gasteiger partial charge in [0.25, 0.3) is 0 Å². The predicted octanol–water partition coefficient (Wildman–Crippen LogP) is 4.28. The zero-order valence-corrected chi connectivity index (χ0v) is 14.2. The molecule has 0 saturated heterocycles. The lowest BCUT2D eigenvalue weighted by Gasteiger charge is -2.35. The van der Waals surface area contributed by atoms with Crippen LogP contribution in [0.5, 0.6) is 11.5 Å². The number of rotatable bonds is 3. The molecular weight excluding hydrogens is 330 g/mol. The highest BCUT2D eigenvalue weighted by Gasteiger charge is 2.35. The molecule has 0 spiro atoms. The quantitative estimate of drug-likeness (QED) is 0.869. The maximum atomic E-state index is 11.1. The lowest BCUT2D eigenvalue weighted by Crippen LogP contribution is -2.46. The van der Waals surface area contributed by atoms with Crippen LogP contribution in [0.3, 0.4) is 0 Å². The molecule has 0 bridgehead atoms. The van der Waals surface area contributed by atoms with Gasteiger partial charge in [-0.3, -0.25) is 0 Å². The van der Waals surface area contributed by atoms with E-state index in [9.17, 15) is 4.79 Å². The molecule has 0 saturated carbocycles. The third-order valence-corrected chi connectivity index (χ3v) is 4.63. The predicted molar refractivity (Wildman–Crippen MR) is 92.1 cm³/mol. The number of benzene rings is 2. The molecule has 0 fully saturated rings. The van der Waals surface area contributed by atoms with E-state index in [-0.39, 0.29) is 0 Å². The second-order valence-electron chi connectivity index (χ2n) is 5.92. The standard InChI is InChI=1S/C18H18ClNO4/c1-18(20-17(21)22)7-8-24-16-9-11(3-5-14(16)18)13-10-12(23-2)4-6-15(13)19/h3-6,9-10,20H,7-8H2,1-2H3,(H,21,22). The smallest absolute Gasteiger partial charge is 0.405 e. The Balaban J connectivity index is 2.05. The van der Waals surface area contributed by atoms with Crippen molar-refractivity contribution in [2.45, 2.75) is 18.9 Å². The molecule has 24 heavy (non-hydrogen) atoms. The molecule has 126 valence electrons. The third kappa shape index (κ3) is 2.99. The van der Waals surface area contributed by atoms with Crippen LogP contribution in [-0.4, -0.2) is 24.9 Å². The van der Waals surface area contributed by atoms with Crippen molar-refractivity contribution in [1.82, 2.24) is 5.32 Å². The Labute approximate surface area is 145 Å². The van der Waals surface area contributed by atoms with Crippen LogP contribution < -0.4 is 14.8 Å². The van der Waals surface area contributed by atoms with Crippen molar-refractivity contribution < 1.29 is 19.4 Å². The lowest BCUT2D eigenvalue weighted by atomic mass is 9.85. The Morgan fingerprint density at radius 2 is 2.12 bits per heavy atom. The second kappa shape index (κ2) is 6.24. The van der Waals surface area contributed by atoms with Crippen molar-refractivity contribution in [3.63, 3.8) is 0 Å². The van der Waals surface area contributed by atoms with Crippen LogP contribution in [0.2, 0.25) is 5.02 Å². The van der Waals surface area contributed by atoms with Gasteiger partial charge in [-0.1, -0.05) is 23.7 Å². The zero-order valence-electron chi connectivity index (χ0n) is 13.4. The molecule has 1 amide bonds. The number of amides is 1. The lowest BCUT2D eigenvalue weighted by molar-refractivity contribution is 0.158. The van der Waals surface area contributed by atoms with Gasteiger partial charge in [0.15, 0.2) is 0 Å². The van der Waals surface area contributed by atoms with Crippen molar-refractivity contribution in [2.75, 3.05) is 13.7 Å². The summed E-state index contributed by atoms with van der Waals surface area (Å²) in [6.07, 6.45) is -0.476. The van der Waals surface area contributed by atoms with E-state index in [2.05, 4.69) is 5.32 Å². The van der Waals surface area contributed by atoms with Gasteiger partial charge in [-0.25, -0.2) is 4.79 Å². The SMILES string of the molecule is COc1ccc(Cl)c(-c2ccc3c(c2)OCCC3(C)NC(=O)O)c1. The van der Waals surface area contributed by atoms with E-state index >= 15 is 0 Å². The first-order valence-corrected chi connectivity index (χ1v) is 7.93.